The van der Waals surface area contributed by atoms with Crippen molar-refractivity contribution in [2.45, 2.75) is 13.8 Å². The highest BCUT2D eigenvalue weighted by molar-refractivity contribution is 6.17. The quantitative estimate of drug-likeness (QED) is 0.317. The molecule has 0 heterocycles. The highest BCUT2D eigenvalue weighted by Crippen LogP contribution is 1.94. The first-order chi connectivity index (χ1) is 4.63. The summed E-state index contributed by atoms with van der Waals surface area (Å²) in [6.45, 7) is 3.63. The minimum atomic E-state index is 0.00463. The third-order valence-corrected chi connectivity index (χ3v) is 1.41. The van der Waals surface area contributed by atoms with Crippen LogP contribution in [0.25, 0.3) is 0 Å². The Labute approximate surface area is 62.5 Å². The highest BCUT2D eigenvalue weighted by atomic mass is 16.2. The molecule has 56 valence electrons. The highest BCUT2D eigenvalue weighted by Gasteiger charge is 2.05. The summed E-state index contributed by atoms with van der Waals surface area (Å²) in [6, 6.07) is 0. The zero-order chi connectivity index (χ0) is 8.15. The second-order valence-corrected chi connectivity index (χ2v) is 2.06. The molecule has 1 amide bonds. The maximum absolute atomic E-state index is 11.1. The van der Waals surface area contributed by atoms with Crippen LogP contribution in [0.4, 0.5) is 0 Å². The first kappa shape index (κ1) is 9.23. The van der Waals surface area contributed by atoms with Gasteiger partial charge in [0.1, 0.15) is 0 Å². The third kappa shape index (κ3) is 2.23. The Bertz CT molecular complexity index is 156. The van der Waals surface area contributed by atoms with Crippen LogP contribution in [0.15, 0.2) is 11.6 Å². The molecular formula is C6H13BN2O. The fourth-order valence-corrected chi connectivity index (χ4v) is 0.490. The molecule has 0 aliphatic rings. The second-order valence-electron chi connectivity index (χ2n) is 2.06. The van der Waals surface area contributed by atoms with Crippen LogP contribution in [-0.4, -0.2) is 25.9 Å². The minimum absolute atomic E-state index is 0.00463. The number of hydrogen-bond acceptors (Lipinski definition) is 2. The molecule has 0 atom stereocenters. The van der Waals surface area contributed by atoms with E-state index in [4.69, 9.17) is 0 Å². The van der Waals surface area contributed by atoms with Crippen molar-refractivity contribution in [3.8, 4) is 0 Å². The maximum atomic E-state index is 11.1. The van der Waals surface area contributed by atoms with E-state index in [1.165, 1.54) is 4.92 Å². The molecule has 0 saturated carbocycles. The van der Waals surface area contributed by atoms with Gasteiger partial charge in [0.05, 0.1) is 0 Å². The van der Waals surface area contributed by atoms with E-state index in [1.54, 1.807) is 28.0 Å². The van der Waals surface area contributed by atoms with Crippen LogP contribution in [-0.2, 0) is 4.79 Å². The normalized spacial score (nSPS) is 11.3. The van der Waals surface area contributed by atoms with Gasteiger partial charge >= 0.3 is 0 Å². The first-order valence-corrected chi connectivity index (χ1v) is 3.21. The standard InChI is InChI=1S/C6H13BN2O/c1-4-5(2)6(10)9(7)8-3/h4,8H,7H2,1-3H3/b5-4+. The second kappa shape index (κ2) is 4.11. The van der Waals surface area contributed by atoms with Gasteiger partial charge in [-0.15, -0.1) is 0 Å². The molecule has 0 aliphatic carbocycles. The number of hydrogen-bond donors (Lipinski definition) is 1. The van der Waals surface area contributed by atoms with Gasteiger partial charge in [0, 0.05) is 12.6 Å². The maximum Gasteiger partial charge on any atom is 0.250 e. The Balaban J connectivity index is 4.08. The first-order valence-electron chi connectivity index (χ1n) is 3.21. The van der Waals surface area contributed by atoms with Crippen molar-refractivity contribution in [2.75, 3.05) is 7.05 Å². The van der Waals surface area contributed by atoms with Crippen LogP contribution >= 0.6 is 0 Å². The summed E-state index contributed by atoms with van der Waals surface area (Å²) in [5.41, 5.74) is 3.47. The van der Waals surface area contributed by atoms with E-state index in [0.29, 0.717) is 0 Å². The van der Waals surface area contributed by atoms with Gasteiger partial charge in [-0.1, -0.05) is 6.08 Å². The SMILES string of the molecule is BN(NC)C(=O)/C(C)=C/C. The predicted molar refractivity (Wildman–Crippen MR) is 43.9 cm³/mol. The molecule has 3 nitrogen and oxygen atoms in total. The van der Waals surface area contributed by atoms with Gasteiger partial charge < -0.3 is 4.92 Å². The van der Waals surface area contributed by atoms with Crippen molar-refractivity contribution in [2.24, 2.45) is 0 Å². The molecule has 0 bridgehead atoms. The molecule has 10 heavy (non-hydrogen) atoms. The van der Waals surface area contributed by atoms with E-state index in [0.717, 1.165) is 5.57 Å². The van der Waals surface area contributed by atoms with Gasteiger partial charge in [0.25, 0.3) is 0 Å². The number of nitrogens with zero attached hydrogens (tertiary/aromatic N) is 1. The molecule has 0 unspecified atom stereocenters. The lowest BCUT2D eigenvalue weighted by Gasteiger charge is -2.15. The number of hydrazine groups is 1. The Morgan fingerprint density at radius 3 is 2.50 bits per heavy atom. The number of carbonyl (C=O) groups is 1. The van der Waals surface area contributed by atoms with Crippen molar-refractivity contribution in [3.63, 3.8) is 0 Å². The van der Waals surface area contributed by atoms with E-state index >= 15 is 0 Å². The van der Waals surface area contributed by atoms with E-state index in [2.05, 4.69) is 5.43 Å². The summed E-state index contributed by atoms with van der Waals surface area (Å²) in [4.78, 5) is 12.5. The van der Waals surface area contributed by atoms with Crippen LogP contribution in [0.3, 0.4) is 0 Å². The molecule has 0 fully saturated rings. The fourth-order valence-electron chi connectivity index (χ4n) is 0.490. The average Bonchev–Trinajstić information content (AvgIpc) is 2.00. The minimum Gasteiger partial charge on any atom is -0.330 e. The lowest BCUT2D eigenvalue weighted by molar-refractivity contribution is -0.124. The lowest BCUT2D eigenvalue weighted by Crippen LogP contribution is -2.38. The van der Waals surface area contributed by atoms with Crippen LogP contribution in [0, 0.1) is 0 Å². The number of nitrogens with one attached hydrogen (secondary N) is 1. The predicted octanol–water partition coefficient (Wildman–Crippen LogP) is -0.536. The molecule has 0 rings (SSSR count). The molecule has 1 N–H and O–H groups in total. The van der Waals surface area contributed by atoms with E-state index in [9.17, 15) is 4.79 Å². The number of carbonyl (C=O) groups excluding carboxylic acids is 1. The van der Waals surface area contributed by atoms with Gasteiger partial charge in [-0.2, -0.15) is 0 Å². The summed E-state index contributed by atoms with van der Waals surface area (Å²) >= 11 is 0. The van der Waals surface area contributed by atoms with Crippen molar-refractivity contribution < 1.29 is 4.79 Å². The summed E-state index contributed by atoms with van der Waals surface area (Å²) in [5.74, 6) is 0.00463. The molecule has 4 heteroatoms. The fraction of sp³-hybridized carbons (Fsp3) is 0.500. The zero-order valence-electron chi connectivity index (χ0n) is 6.93. The smallest absolute Gasteiger partial charge is 0.250 e. The van der Waals surface area contributed by atoms with Gasteiger partial charge in [0.2, 0.25) is 13.9 Å². The van der Waals surface area contributed by atoms with Gasteiger partial charge in [-0.25, -0.2) is 5.43 Å². The van der Waals surface area contributed by atoms with Crippen molar-refractivity contribution in [3.05, 3.63) is 11.6 Å². The van der Waals surface area contributed by atoms with Crippen molar-refractivity contribution >= 4 is 13.9 Å². The summed E-state index contributed by atoms with van der Waals surface area (Å²) in [5, 5.41) is 0. The van der Waals surface area contributed by atoms with E-state index in [-0.39, 0.29) is 5.91 Å². The zero-order valence-corrected chi connectivity index (χ0v) is 6.93. The molecular weight excluding hydrogens is 127 g/mol. The molecule has 0 aromatic rings. The van der Waals surface area contributed by atoms with E-state index < -0.39 is 0 Å². The van der Waals surface area contributed by atoms with Gasteiger partial charge in [-0.05, 0) is 13.8 Å². The summed E-state index contributed by atoms with van der Waals surface area (Å²) in [6.07, 6.45) is 1.79. The van der Waals surface area contributed by atoms with Crippen LogP contribution in [0.1, 0.15) is 13.8 Å². The average molecular weight is 140 g/mol. The van der Waals surface area contributed by atoms with Gasteiger partial charge in [-0.3, -0.25) is 4.79 Å². The number of allylic oxidation sites excluding steroid dienone is 1. The molecule has 0 saturated heterocycles. The van der Waals surface area contributed by atoms with Gasteiger partial charge in [0.15, 0.2) is 0 Å². The number of amides is 1. The lowest BCUT2D eigenvalue weighted by atomic mass is 10.2. The monoisotopic (exact) mass is 140 g/mol. The Morgan fingerprint density at radius 2 is 2.20 bits per heavy atom. The van der Waals surface area contributed by atoms with Crippen LogP contribution in [0.5, 0.6) is 0 Å². The molecule has 0 aliphatic heterocycles. The van der Waals surface area contributed by atoms with Crippen molar-refractivity contribution in [1.82, 2.24) is 10.3 Å². The molecule has 0 spiro atoms. The Kier molecular flexibility index (Phi) is 3.80. The van der Waals surface area contributed by atoms with Crippen LogP contribution in [0.2, 0.25) is 0 Å². The third-order valence-electron chi connectivity index (χ3n) is 1.41. The Hall–Kier alpha value is -0.765. The van der Waals surface area contributed by atoms with Crippen molar-refractivity contribution in [1.29, 1.82) is 0 Å². The number of rotatable bonds is 2. The summed E-state index contributed by atoms with van der Waals surface area (Å²) in [7, 11) is 3.40. The molecule has 0 aromatic heterocycles. The largest absolute Gasteiger partial charge is 0.330 e. The summed E-state index contributed by atoms with van der Waals surface area (Å²) < 4.78 is 0. The molecule has 0 radical (unpaired) electrons. The van der Waals surface area contributed by atoms with E-state index in [1.807, 2.05) is 6.92 Å². The Morgan fingerprint density at radius 1 is 1.70 bits per heavy atom. The molecule has 0 aromatic carbocycles. The van der Waals surface area contributed by atoms with Crippen LogP contribution < -0.4 is 5.43 Å². The topological polar surface area (TPSA) is 32.3 Å².